The van der Waals surface area contributed by atoms with Crippen LogP contribution in [0.2, 0.25) is 0 Å². The molecule has 0 aliphatic heterocycles. The number of aliphatic hydroxyl groups excluding tert-OH is 1. The maximum Gasteiger partial charge on any atom is 0.149 e. The molecule has 0 fully saturated rings. The molecule has 0 bridgehead atoms. The van der Waals surface area contributed by atoms with Crippen molar-refractivity contribution in [2.75, 3.05) is 4.43 Å². The van der Waals surface area contributed by atoms with Crippen LogP contribution in [0.15, 0.2) is 0 Å². The highest BCUT2D eigenvalue weighted by Gasteiger charge is 1.92. The molecule has 0 aromatic carbocycles. The van der Waals surface area contributed by atoms with Crippen molar-refractivity contribution in [3.8, 4) is 0 Å². The highest BCUT2D eigenvalue weighted by atomic mass is 127. The molecule has 3 heteroatoms. The Kier molecular flexibility index (Phi) is 3.76. The Labute approximate surface area is 49.7 Å². The van der Waals surface area contributed by atoms with Crippen LogP contribution in [0.25, 0.3) is 0 Å². The second-order valence-electron chi connectivity index (χ2n) is 0.858. The summed E-state index contributed by atoms with van der Waals surface area (Å²) in [6.45, 7) is 0. The SMILES string of the molecule is O=C[C@@H](O)CI. The van der Waals surface area contributed by atoms with Crippen molar-refractivity contribution in [1.82, 2.24) is 0 Å². The molecule has 1 atom stereocenters. The van der Waals surface area contributed by atoms with Gasteiger partial charge in [-0.05, 0) is 0 Å². The largest absolute Gasteiger partial charge is 0.385 e. The molecule has 0 unspecified atom stereocenters. The van der Waals surface area contributed by atoms with Gasteiger partial charge in [0.15, 0.2) is 0 Å². The molecule has 0 radical (unpaired) electrons. The summed E-state index contributed by atoms with van der Waals surface area (Å²) in [6.07, 6.45) is -0.238. The zero-order valence-electron chi connectivity index (χ0n) is 3.10. The molecular weight excluding hydrogens is 195 g/mol. The predicted molar refractivity (Wildman–Crippen MR) is 31.0 cm³/mol. The lowest BCUT2D eigenvalue weighted by Crippen LogP contribution is -2.07. The Morgan fingerprint density at radius 3 is 2.50 bits per heavy atom. The Hall–Kier alpha value is 0.360. The van der Waals surface area contributed by atoms with Gasteiger partial charge in [0.05, 0.1) is 0 Å². The van der Waals surface area contributed by atoms with Crippen LogP contribution >= 0.6 is 22.6 Å². The molecule has 0 saturated carbocycles. The molecule has 36 valence electrons. The van der Waals surface area contributed by atoms with E-state index in [0.717, 1.165) is 0 Å². The lowest BCUT2D eigenvalue weighted by molar-refractivity contribution is -0.113. The molecular formula is C3H5IO2. The second kappa shape index (κ2) is 3.55. The van der Waals surface area contributed by atoms with Crippen molar-refractivity contribution in [2.24, 2.45) is 0 Å². The van der Waals surface area contributed by atoms with Crippen molar-refractivity contribution in [1.29, 1.82) is 0 Å². The van der Waals surface area contributed by atoms with E-state index in [1.54, 1.807) is 0 Å². The fraction of sp³-hybridized carbons (Fsp3) is 0.667. The van der Waals surface area contributed by atoms with Crippen LogP contribution in [0.3, 0.4) is 0 Å². The molecule has 0 aliphatic carbocycles. The van der Waals surface area contributed by atoms with Gasteiger partial charge < -0.3 is 9.90 Å². The normalized spacial score (nSPS) is 13.7. The zero-order valence-corrected chi connectivity index (χ0v) is 5.25. The first-order valence-corrected chi connectivity index (χ1v) is 3.03. The summed E-state index contributed by atoms with van der Waals surface area (Å²) in [5.74, 6) is 0. The summed E-state index contributed by atoms with van der Waals surface area (Å²) in [7, 11) is 0. The van der Waals surface area contributed by atoms with E-state index in [4.69, 9.17) is 5.11 Å². The summed E-state index contributed by atoms with van der Waals surface area (Å²) in [6, 6.07) is 0. The molecule has 0 aromatic heterocycles. The van der Waals surface area contributed by atoms with Crippen molar-refractivity contribution in [2.45, 2.75) is 6.10 Å². The molecule has 0 aromatic rings. The van der Waals surface area contributed by atoms with Gasteiger partial charge in [-0.15, -0.1) is 0 Å². The molecule has 0 aliphatic rings. The van der Waals surface area contributed by atoms with Gasteiger partial charge in [0, 0.05) is 4.43 Å². The van der Waals surface area contributed by atoms with Gasteiger partial charge in [0.1, 0.15) is 12.4 Å². The number of halogens is 1. The number of aldehydes is 1. The monoisotopic (exact) mass is 200 g/mol. The molecule has 0 amide bonds. The van der Waals surface area contributed by atoms with E-state index in [1.165, 1.54) is 0 Å². The van der Waals surface area contributed by atoms with Crippen LogP contribution in [-0.2, 0) is 4.79 Å². The van der Waals surface area contributed by atoms with Gasteiger partial charge in [0.2, 0.25) is 0 Å². The van der Waals surface area contributed by atoms with Crippen LogP contribution in [-0.4, -0.2) is 21.9 Å². The third-order valence-corrected chi connectivity index (χ3v) is 1.22. The molecule has 0 rings (SSSR count). The van der Waals surface area contributed by atoms with Crippen LogP contribution < -0.4 is 0 Å². The average Bonchev–Trinajstić information content (AvgIpc) is 1.65. The summed E-state index contributed by atoms with van der Waals surface area (Å²) < 4.78 is 0.487. The lowest BCUT2D eigenvalue weighted by atomic mass is 10.5. The van der Waals surface area contributed by atoms with Crippen LogP contribution in [0.4, 0.5) is 0 Å². The van der Waals surface area contributed by atoms with Crippen LogP contribution in [0, 0.1) is 0 Å². The Morgan fingerprint density at radius 1 is 2.00 bits per heavy atom. The maximum absolute atomic E-state index is 9.48. The van der Waals surface area contributed by atoms with Crippen molar-refractivity contribution < 1.29 is 9.90 Å². The summed E-state index contributed by atoms with van der Waals surface area (Å²) >= 11 is 1.93. The highest BCUT2D eigenvalue weighted by molar-refractivity contribution is 14.1. The van der Waals surface area contributed by atoms with Gasteiger partial charge in [-0.3, -0.25) is 0 Å². The molecule has 0 spiro atoms. The van der Waals surface area contributed by atoms with Crippen molar-refractivity contribution in [3.05, 3.63) is 0 Å². The minimum atomic E-state index is -0.759. The van der Waals surface area contributed by atoms with E-state index in [2.05, 4.69) is 0 Å². The van der Waals surface area contributed by atoms with Gasteiger partial charge in [-0.1, -0.05) is 22.6 Å². The average molecular weight is 200 g/mol. The summed E-state index contributed by atoms with van der Waals surface area (Å²) in [5.41, 5.74) is 0. The number of aliphatic hydroxyl groups is 1. The number of carbonyl (C=O) groups excluding carboxylic acids is 1. The topological polar surface area (TPSA) is 37.3 Å². The van der Waals surface area contributed by atoms with E-state index in [-0.39, 0.29) is 0 Å². The van der Waals surface area contributed by atoms with Crippen LogP contribution in [0.1, 0.15) is 0 Å². The van der Waals surface area contributed by atoms with Gasteiger partial charge >= 0.3 is 0 Å². The first-order chi connectivity index (χ1) is 2.81. The Bertz CT molecular complexity index is 46.1. The molecule has 2 nitrogen and oxygen atoms in total. The zero-order chi connectivity index (χ0) is 4.99. The summed E-state index contributed by atoms with van der Waals surface area (Å²) in [4.78, 5) is 9.48. The van der Waals surface area contributed by atoms with Crippen molar-refractivity contribution in [3.63, 3.8) is 0 Å². The van der Waals surface area contributed by atoms with Gasteiger partial charge in [-0.2, -0.15) is 0 Å². The quantitative estimate of drug-likeness (QED) is 0.386. The number of hydrogen-bond acceptors (Lipinski definition) is 2. The minimum Gasteiger partial charge on any atom is -0.385 e. The first-order valence-electron chi connectivity index (χ1n) is 1.50. The van der Waals surface area contributed by atoms with Crippen LogP contribution in [0.5, 0.6) is 0 Å². The third kappa shape index (κ3) is 2.59. The summed E-state index contributed by atoms with van der Waals surface area (Å²) in [5, 5.41) is 8.29. The number of hydrogen-bond donors (Lipinski definition) is 1. The van der Waals surface area contributed by atoms with Gasteiger partial charge in [-0.25, -0.2) is 0 Å². The second-order valence-corrected chi connectivity index (χ2v) is 1.74. The van der Waals surface area contributed by atoms with E-state index in [0.29, 0.717) is 10.7 Å². The first kappa shape index (κ1) is 6.36. The van der Waals surface area contributed by atoms with E-state index >= 15 is 0 Å². The molecule has 1 N–H and O–H groups in total. The fourth-order valence-corrected chi connectivity index (χ4v) is 0.244. The Balaban J connectivity index is 2.96. The van der Waals surface area contributed by atoms with E-state index in [1.807, 2.05) is 22.6 Å². The fourth-order valence-electron chi connectivity index (χ4n) is 0.0364. The molecule has 6 heavy (non-hydrogen) atoms. The highest BCUT2D eigenvalue weighted by Crippen LogP contribution is 1.83. The smallest absolute Gasteiger partial charge is 0.149 e. The van der Waals surface area contributed by atoms with E-state index < -0.39 is 6.10 Å². The van der Waals surface area contributed by atoms with E-state index in [9.17, 15) is 4.79 Å². The Morgan fingerprint density at radius 2 is 2.50 bits per heavy atom. The number of alkyl halides is 1. The third-order valence-electron chi connectivity index (χ3n) is 0.315. The molecule has 0 saturated heterocycles. The van der Waals surface area contributed by atoms with Crippen molar-refractivity contribution >= 4 is 28.9 Å². The standard InChI is InChI=1S/C3H5IO2/c4-1-3(6)2-5/h2-3,6H,1H2/t3-/m0/s1. The van der Waals surface area contributed by atoms with Gasteiger partial charge in [0.25, 0.3) is 0 Å². The number of rotatable bonds is 2. The molecule has 0 heterocycles. The predicted octanol–water partition coefficient (Wildman–Crippen LogP) is -0.0188. The number of carbonyl (C=O) groups is 1. The maximum atomic E-state index is 9.48. The lowest BCUT2D eigenvalue weighted by Gasteiger charge is -1.88. The minimum absolute atomic E-state index is 0.487.